The van der Waals surface area contributed by atoms with Gasteiger partial charge in [0.2, 0.25) is 5.91 Å². The molecule has 0 aromatic heterocycles. The Morgan fingerprint density at radius 1 is 1.59 bits per heavy atom. The van der Waals surface area contributed by atoms with Gasteiger partial charge in [0.15, 0.2) is 0 Å². The van der Waals surface area contributed by atoms with Gasteiger partial charge in [-0.2, -0.15) is 0 Å². The van der Waals surface area contributed by atoms with E-state index in [2.05, 4.69) is 24.1 Å². The van der Waals surface area contributed by atoms with Gasteiger partial charge in [-0.25, -0.2) is 0 Å². The normalized spacial score (nSPS) is 21.8. The topological polar surface area (TPSA) is 67.6 Å². The van der Waals surface area contributed by atoms with E-state index in [-0.39, 0.29) is 12.0 Å². The van der Waals surface area contributed by atoms with Gasteiger partial charge in [-0.3, -0.25) is 9.69 Å². The summed E-state index contributed by atoms with van der Waals surface area (Å²) in [5.74, 6) is 0.678. The summed E-state index contributed by atoms with van der Waals surface area (Å²) in [6.45, 7) is 9.17. The molecule has 1 atom stereocenters. The highest BCUT2D eigenvalue weighted by Gasteiger charge is 2.21. The average Bonchev–Trinajstić information content (AvgIpc) is 2.26. The van der Waals surface area contributed by atoms with Gasteiger partial charge in [0.1, 0.15) is 0 Å². The molecule has 0 aromatic rings. The van der Waals surface area contributed by atoms with Gasteiger partial charge < -0.3 is 15.8 Å². The van der Waals surface area contributed by atoms with Gasteiger partial charge >= 0.3 is 0 Å². The zero-order valence-corrected chi connectivity index (χ0v) is 10.9. The van der Waals surface area contributed by atoms with Crippen molar-refractivity contribution in [1.82, 2.24) is 10.2 Å². The number of nitrogens with zero attached hydrogens (tertiary/aromatic N) is 1. The maximum absolute atomic E-state index is 11.3. The van der Waals surface area contributed by atoms with Crippen molar-refractivity contribution >= 4 is 5.91 Å². The lowest BCUT2D eigenvalue weighted by atomic mass is 10.2. The van der Waals surface area contributed by atoms with Crippen LogP contribution in [0.3, 0.4) is 0 Å². The first-order valence-electron chi connectivity index (χ1n) is 6.42. The summed E-state index contributed by atoms with van der Waals surface area (Å²) < 4.78 is 5.63. The Balaban J connectivity index is 2.22. The second kappa shape index (κ2) is 7.63. The molecule has 1 fully saturated rings. The zero-order valence-electron chi connectivity index (χ0n) is 10.9. The number of carbonyl (C=O) groups excluding carboxylic acids is 1. The minimum atomic E-state index is 0.0112. The second-order valence-corrected chi connectivity index (χ2v) is 4.99. The summed E-state index contributed by atoms with van der Waals surface area (Å²) in [5.41, 5.74) is 5.31. The molecule has 1 aliphatic rings. The van der Waals surface area contributed by atoms with Gasteiger partial charge in [0.05, 0.1) is 12.7 Å². The first-order valence-corrected chi connectivity index (χ1v) is 6.42. The fourth-order valence-electron chi connectivity index (χ4n) is 2.03. The first-order chi connectivity index (χ1) is 8.11. The Kier molecular flexibility index (Phi) is 6.47. The molecule has 1 rings (SSSR count). The molecule has 0 spiro atoms. The van der Waals surface area contributed by atoms with Crippen LogP contribution in [0, 0.1) is 5.92 Å². The zero-order chi connectivity index (χ0) is 12.7. The number of ether oxygens (including phenoxy) is 1. The molecule has 1 saturated heterocycles. The molecule has 1 aliphatic heterocycles. The van der Waals surface area contributed by atoms with Crippen molar-refractivity contribution in [2.24, 2.45) is 11.7 Å². The molecule has 1 unspecified atom stereocenters. The Bertz CT molecular complexity index is 234. The molecule has 0 bridgehead atoms. The highest BCUT2D eigenvalue weighted by atomic mass is 16.5. The maximum Gasteiger partial charge on any atom is 0.221 e. The lowest BCUT2D eigenvalue weighted by Gasteiger charge is -2.33. The van der Waals surface area contributed by atoms with Gasteiger partial charge in [0, 0.05) is 39.1 Å². The Morgan fingerprint density at radius 3 is 3.00 bits per heavy atom. The van der Waals surface area contributed by atoms with Crippen LogP contribution in [0.4, 0.5) is 0 Å². The van der Waals surface area contributed by atoms with Crippen molar-refractivity contribution in [1.29, 1.82) is 0 Å². The van der Waals surface area contributed by atoms with Crippen LogP contribution in [0.5, 0.6) is 0 Å². The van der Waals surface area contributed by atoms with E-state index >= 15 is 0 Å². The van der Waals surface area contributed by atoms with E-state index in [1.165, 1.54) is 0 Å². The summed E-state index contributed by atoms with van der Waals surface area (Å²) in [6.07, 6.45) is 0.506. The number of nitrogens with one attached hydrogen (secondary N) is 1. The third-order valence-corrected chi connectivity index (χ3v) is 2.74. The summed E-state index contributed by atoms with van der Waals surface area (Å²) >= 11 is 0. The van der Waals surface area contributed by atoms with Gasteiger partial charge in [-0.15, -0.1) is 0 Å². The minimum absolute atomic E-state index is 0.0112. The van der Waals surface area contributed by atoms with Crippen LogP contribution < -0.4 is 11.1 Å². The standard InChI is InChI=1S/C12H25N3O2/c1-10(2)8-15-5-6-17-11(9-15)7-14-12(16)3-4-13/h10-11H,3-9,13H2,1-2H3,(H,14,16). The molecular weight excluding hydrogens is 218 g/mol. The molecule has 1 heterocycles. The van der Waals surface area contributed by atoms with Crippen LogP contribution in [0.25, 0.3) is 0 Å². The van der Waals surface area contributed by atoms with Crippen molar-refractivity contribution < 1.29 is 9.53 Å². The van der Waals surface area contributed by atoms with Crippen molar-refractivity contribution in [3.8, 4) is 0 Å². The number of carbonyl (C=O) groups is 1. The SMILES string of the molecule is CC(C)CN1CCOC(CNC(=O)CCN)C1. The molecule has 5 heteroatoms. The molecule has 100 valence electrons. The van der Waals surface area contributed by atoms with E-state index in [1.54, 1.807) is 0 Å². The maximum atomic E-state index is 11.3. The number of hydrogen-bond donors (Lipinski definition) is 2. The number of rotatable bonds is 6. The molecule has 17 heavy (non-hydrogen) atoms. The molecule has 3 N–H and O–H groups in total. The summed E-state index contributed by atoms with van der Waals surface area (Å²) in [5, 5.41) is 2.86. The summed E-state index contributed by atoms with van der Waals surface area (Å²) in [6, 6.07) is 0. The highest BCUT2D eigenvalue weighted by molar-refractivity contribution is 5.76. The van der Waals surface area contributed by atoms with Crippen molar-refractivity contribution in [2.75, 3.05) is 39.3 Å². The molecule has 0 aliphatic carbocycles. The van der Waals surface area contributed by atoms with Crippen LogP contribution in [-0.4, -0.2) is 56.2 Å². The fourth-order valence-corrected chi connectivity index (χ4v) is 2.03. The molecule has 1 amide bonds. The lowest BCUT2D eigenvalue weighted by molar-refractivity contribution is -0.122. The predicted octanol–water partition coefficient (Wildman–Crippen LogP) is -0.192. The number of nitrogens with two attached hydrogens (primary N) is 1. The van der Waals surface area contributed by atoms with Crippen LogP contribution >= 0.6 is 0 Å². The average molecular weight is 243 g/mol. The monoisotopic (exact) mass is 243 g/mol. The molecule has 0 saturated carbocycles. The smallest absolute Gasteiger partial charge is 0.221 e. The van der Waals surface area contributed by atoms with E-state index in [4.69, 9.17) is 10.5 Å². The van der Waals surface area contributed by atoms with Crippen molar-refractivity contribution in [3.05, 3.63) is 0 Å². The van der Waals surface area contributed by atoms with Gasteiger partial charge in [-0.1, -0.05) is 13.8 Å². The van der Waals surface area contributed by atoms with Crippen molar-refractivity contribution in [3.63, 3.8) is 0 Å². The van der Waals surface area contributed by atoms with E-state index < -0.39 is 0 Å². The van der Waals surface area contributed by atoms with Crippen LogP contribution in [0.15, 0.2) is 0 Å². The fraction of sp³-hybridized carbons (Fsp3) is 0.917. The van der Waals surface area contributed by atoms with Gasteiger partial charge in [0.25, 0.3) is 0 Å². The summed E-state index contributed by atoms with van der Waals surface area (Å²) in [4.78, 5) is 13.7. The number of amides is 1. The highest BCUT2D eigenvalue weighted by Crippen LogP contribution is 2.07. The number of hydrogen-bond acceptors (Lipinski definition) is 4. The largest absolute Gasteiger partial charge is 0.374 e. The third-order valence-electron chi connectivity index (χ3n) is 2.74. The van der Waals surface area contributed by atoms with E-state index in [1.807, 2.05) is 0 Å². The van der Waals surface area contributed by atoms with Crippen LogP contribution in [0.2, 0.25) is 0 Å². The van der Waals surface area contributed by atoms with E-state index in [0.29, 0.717) is 25.4 Å². The minimum Gasteiger partial charge on any atom is -0.374 e. The molecule has 0 aromatic carbocycles. The van der Waals surface area contributed by atoms with Crippen LogP contribution in [-0.2, 0) is 9.53 Å². The van der Waals surface area contributed by atoms with Crippen LogP contribution in [0.1, 0.15) is 20.3 Å². The number of morpholine rings is 1. The van der Waals surface area contributed by atoms with E-state index in [9.17, 15) is 4.79 Å². The second-order valence-electron chi connectivity index (χ2n) is 4.99. The van der Waals surface area contributed by atoms with Crippen molar-refractivity contribution in [2.45, 2.75) is 26.4 Å². The quantitative estimate of drug-likeness (QED) is 0.678. The summed E-state index contributed by atoms with van der Waals surface area (Å²) in [7, 11) is 0. The lowest BCUT2D eigenvalue weighted by Crippen LogP contribution is -2.48. The Hall–Kier alpha value is -0.650. The third kappa shape index (κ3) is 6.00. The molecule has 5 nitrogen and oxygen atoms in total. The van der Waals surface area contributed by atoms with E-state index in [0.717, 1.165) is 26.2 Å². The Morgan fingerprint density at radius 2 is 2.35 bits per heavy atom. The molecular formula is C12H25N3O2. The van der Waals surface area contributed by atoms with Gasteiger partial charge in [-0.05, 0) is 5.92 Å². The predicted molar refractivity (Wildman–Crippen MR) is 67.7 cm³/mol. The first kappa shape index (κ1) is 14.4. The molecule has 0 radical (unpaired) electrons. The Labute approximate surface area is 104 Å².